The Kier molecular flexibility index (Phi) is 4.68. The Bertz CT molecular complexity index is 148. The topological polar surface area (TPSA) is 38.3 Å². The molecule has 1 unspecified atom stereocenters. The van der Waals surface area contributed by atoms with Crippen molar-refractivity contribution in [2.75, 3.05) is 30.9 Å². The number of rotatable bonds is 2. The number of alkyl carbamates (subject to hydrolysis) is 1. The fraction of sp³-hybridized carbons (Fsp3) is 0.857. The highest BCUT2D eigenvalue weighted by molar-refractivity contribution is 8.06. The highest BCUT2D eigenvalue weighted by Crippen LogP contribution is 2.23. The van der Waals surface area contributed by atoms with Crippen LogP contribution in [0.25, 0.3) is 0 Å². The summed E-state index contributed by atoms with van der Waals surface area (Å²) in [7, 11) is 1.39. The fourth-order valence-corrected chi connectivity index (χ4v) is 3.54. The molecule has 3 nitrogen and oxygen atoms in total. The van der Waals surface area contributed by atoms with Gasteiger partial charge in [-0.1, -0.05) is 0 Å². The zero-order valence-electron chi connectivity index (χ0n) is 7.04. The quantitative estimate of drug-likeness (QED) is 0.738. The summed E-state index contributed by atoms with van der Waals surface area (Å²) < 4.78 is 4.48. The van der Waals surface area contributed by atoms with Gasteiger partial charge in [0.2, 0.25) is 0 Å². The van der Waals surface area contributed by atoms with Gasteiger partial charge in [0.1, 0.15) is 0 Å². The SMILES string of the molecule is COC(=O)NCC1CSCCS1. The van der Waals surface area contributed by atoms with Gasteiger partial charge in [0.05, 0.1) is 7.11 Å². The lowest BCUT2D eigenvalue weighted by atomic mass is 10.5. The van der Waals surface area contributed by atoms with Gasteiger partial charge in [-0.15, -0.1) is 0 Å². The Hall–Kier alpha value is -0.0300. The van der Waals surface area contributed by atoms with Crippen molar-refractivity contribution in [3.05, 3.63) is 0 Å². The van der Waals surface area contributed by atoms with E-state index in [1.807, 2.05) is 23.5 Å². The molecule has 0 saturated carbocycles. The maximum absolute atomic E-state index is 10.7. The monoisotopic (exact) mass is 207 g/mol. The van der Waals surface area contributed by atoms with Crippen molar-refractivity contribution in [3.63, 3.8) is 0 Å². The van der Waals surface area contributed by atoms with E-state index in [2.05, 4.69) is 10.1 Å². The Morgan fingerprint density at radius 3 is 3.08 bits per heavy atom. The molecule has 0 aromatic heterocycles. The molecule has 1 atom stereocenters. The van der Waals surface area contributed by atoms with Gasteiger partial charge >= 0.3 is 6.09 Å². The largest absolute Gasteiger partial charge is 0.453 e. The first-order valence-electron chi connectivity index (χ1n) is 3.84. The van der Waals surface area contributed by atoms with E-state index in [4.69, 9.17) is 0 Å². The van der Waals surface area contributed by atoms with Crippen LogP contribution >= 0.6 is 23.5 Å². The predicted molar refractivity (Wildman–Crippen MR) is 54.0 cm³/mol. The molecule has 1 amide bonds. The summed E-state index contributed by atoms with van der Waals surface area (Å²) in [6.07, 6.45) is -0.328. The molecule has 5 heteroatoms. The van der Waals surface area contributed by atoms with Crippen LogP contribution in [0.4, 0.5) is 4.79 Å². The Labute approximate surface area is 81.0 Å². The third-order valence-corrected chi connectivity index (χ3v) is 4.39. The molecule has 1 heterocycles. The predicted octanol–water partition coefficient (Wildman–Crippen LogP) is 1.19. The van der Waals surface area contributed by atoms with Crippen LogP contribution in [0.5, 0.6) is 0 Å². The van der Waals surface area contributed by atoms with E-state index in [1.165, 1.54) is 18.6 Å². The average Bonchev–Trinajstić information content (AvgIpc) is 2.16. The minimum atomic E-state index is -0.328. The van der Waals surface area contributed by atoms with Crippen molar-refractivity contribution in [2.45, 2.75) is 5.25 Å². The summed E-state index contributed by atoms with van der Waals surface area (Å²) in [5.41, 5.74) is 0. The van der Waals surface area contributed by atoms with Gasteiger partial charge in [0.25, 0.3) is 0 Å². The lowest BCUT2D eigenvalue weighted by molar-refractivity contribution is 0.171. The molecular weight excluding hydrogens is 194 g/mol. The molecule has 0 spiro atoms. The summed E-state index contributed by atoms with van der Waals surface area (Å²) >= 11 is 3.87. The van der Waals surface area contributed by atoms with Gasteiger partial charge in [-0.25, -0.2) is 4.79 Å². The van der Waals surface area contributed by atoms with E-state index in [0.29, 0.717) is 5.25 Å². The van der Waals surface area contributed by atoms with Gasteiger partial charge in [-0.2, -0.15) is 23.5 Å². The van der Waals surface area contributed by atoms with Crippen molar-refractivity contribution >= 4 is 29.6 Å². The molecule has 0 aromatic carbocycles. The molecule has 12 heavy (non-hydrogen) atoms. The first-order chi connectivity index (χ1) is 5.83. The van der Waals surface area contributed by atoms with Gasteiger partial charge in [-0.05, 0) is 0 Å². The maximum atomic E-state index is 10.7. The van der Waals surface area contributed by atoms with E-state index < -0.39 is 0 Å². The van der Waals surface area contributed by atoms with Crippen LogP contribution in [0, 0.1) is 0 Å². The third-order valence-electron chi connectivity index (χ3n) is 1.54. The first kappa shape index (κ1) is 10.1. The number of nitrogens with one attached hydrogen (secondary N) is 1. The fourth-order valence-electron chi connectivity index (χ4n) is 0.924. The maximum Gasteiger partial charge on any atom is 0.406 e. The summed E-state index contributed by atoms with van der Waals surface area (Å²) in [5, 5.41) is 3.26. The van der Waals surface area contributed by atoms with E-state index in [9.17, 15) is 4.79 Å². The molecule has 0 radical (unpaired) electrons. The van der Waals surface area contributed by atoms with Gasteiger partial charge in [0.15, 0.2) is 0 Å². The van der Waals surface area contributed by atoms with Crippen molar-refractivity contribution < 1.29 is 9.53 Å². The van der Waals surface area contributed by atoms with Crippen LogP contribution in [-0.2, 0) is 4.74 Å². The third kappa shape index (κ3) is 3.58. The molecule has 1 rings (SSSR count). The standard InChI is InChI=1S/C7H13NO2S2/c1-10-7(9)8-4-6-5-11-2-3-12-6/h6H,2-5H2,1H3,(H,8,9). The Balaban J connectivity index is 2.09. The lowest BCUT2D eigenvalue weighted by Gasteiger charge is -2.20. The number of carbonyl (C=O) groups is 1. The first-order valence-corrected chi connectivity index (χ1v) is 6.04. The molecule has 1 aliphatic heterocycles. The Morgan fingerprint density at radius 2 is 2.50 bits per heavy atom. The molecule has 70 valence electrons. The van der Waals surface area contributed by atoms with E-state index in [0.717, 1.165) is 12.3 Å². The summed E-state index contributed by atoms with van der Waals surface area (Å²) in [4.78, 5) is 10.7. The molecule has 1 fully saturated rings. The van der Waals surface area contributed by atoms with Crippen LogP contribution in [0.1, 0.15) is 0 Å². The number of carbonyl (C=O) groups excluding carboxylic acids is 1. The van der Waals surface area contributed by atoms with Gasteiger partial charge < -0.3 is 10.1 Å². The van der Waals surface area contributed by atoms with Gasteiger partial charge in [-0.3, -0.25) is 0 Å². The van der Waals surface area contributed by atoms with Gasteiger partial charge in [0, 0.05) is 29.1 Å². The zero-order valence-corrected chi connectivity index (χ0v) is 8.67. The van der Waals surface area contributed by atoms with Crippen molar-refractivity contribution in [2.24, 2.45) is 0 Å². The second kappa shape index (κ2) is 5.59. The summed E-state index contributed by atoms with van der Waals surface area (Å²) in [6.45, 7) is 0.727. The second-order valence-corrected chi connectivity index (χ2v) is 5.00. The van der Waals surface area contributed by atoms with E-state index in [-0.39, 0.29) is 6.09 Å². The van der Waals surface area contributed by atoms with Crippen molar-refractivity contribution in [3.8, 4) is 0 Å². The van der Waals surface area contributed by atoms with Crippen LogP contribution in [0.2, 0.25) is 0 Å². The minimum absolute atomic E-state index is 0.328. The Morgan fingerprint density at radius 1 is 1.67 bits per heavy atom. The molecule has 0 aliphatic carbocycles. The number of ether oxygens (including phenoxy) is 1. The van der Waals surface area contributed by atoms with E-state index in [1.54, 1.807) is 0 Å². The highest BCUT2D eigenvalue weighted by Gasteiger charge is 2.14. The average molecular weight is 207 g/mol. The van der Waals surface area contributed by atoms with Crippen LogP contribution in [0.15, 0.2) is 0 Å². The smallest absolute Gasteiger partial charge is 0.406 e. The normalized spacial score (nSPS) is 23.2. The zero-order chi connectivity index (χ0) is 8.81. The molecule has 0 bridgehead atoms. The van der Waals surface area contributed by atoms with Crippen LogP contribution < -0.4 is 5.32 Å². The minimum Gasteiger partial charge on any atom is -0.453 e. The van der Waals surface area contributed by atoms with Crippen molar-refractivity contribution in [1.29, 1.82) is 0 Å². The molecular formula is C7H13NO2S2. The number of hydrogen-bond donors (Lipinski definition) is 1. The number of hydrogen-bond acceptors (Lipinski definition) is 4. The van der Waals surface area contributed by atoms with Crippen molar-refractivity contribution in [1.82, 2.24) is 5.32 Å². The summed E-state index contributed by atoms with van der Waals surface area (Å²) in [6, 6.07) is 0. The van der Waals surface area contributed by atoms with Crippen LogP contribution in [-0.4, -0.2) is 42.3 Å². The lowest BCUT2D eigenvalue weighted by Crippen LogP contribution is -2.33. The van der Waals surface area contributed by atoms with Crippen LogP contribution in [0.3, 0.4) is 0 Å². The second-order valence-electron chi connectivity index (χ2n) is 2.44. The number of amides is 1. The number of methoxy groups -OCH3 is 1. The molecule has 1 N–H and O–H groups in total. The van der Waals surface area contributed by atoms with E-state index >= 15 is 0 Å². The molecule has 1 aliphatic rings. The highest BCUT2D eigenvalue weighted by atomic mass is 32.2. The summed E-state index contributed by atoms with van der Waals surface area (Å²) in [5.74, 6) is 3.56. The molecule has 1 saturated heterocycles. The molecule has 0 aromatic rings. The number of thioether (sulfide) groups is 2.